The molecule has 23 heavy (non-hydrogen) atoms. The van der Waals surface area contributed by atoms with Crippen LogP contribution in [0.1, 0.15) is 11.3 Å². The molecule has 0 aliphatic rings. The smallest absolute Gasteiger partial charge is 0.214 e. The molecule has 4 aromatic rings. The van der Waals surface area contributed by atoms with Gasteiger partial charge < -0.3 is 10.7 Å². The maximum Gasteiger partial charge on any atom is 0.214 e. The molecule has 4 rings (SSSR count). The standard InChI is InChI=1S/C19H16N4/c1-23-14(11-17(20)16-5-2-3-7-18(16)23)9-8-13-12-22-19-15(13)6-4-10-21-19/h2-12H,1H3,(H2,20,21,22)/p+1. The Hall–Kier alpha value is -3.14. The Morgan fingerprint density at radius 2 is 1.91 bits per heavy atom. The summed E-state index contributed by atoms with van der Waals surface area (Å²) in [4.78, 5) is 7.50. The van der Waals surface area contributed by atoms with E-state index in [4.69, 9.17) is 5.73 Å². The number of H-pyrrole nitrogens is 1. The van der Waals surface area contributed by atoms with E-state index in [1.807, 2.05) is 36.5 Å². The van der Waals surface area contributed by atoms with Gasteiger partial charge in [-0.15, -0.1) is 0 Å². The summed E-state index contributed by atoms with van der Waals surface area (Å²) < 4.78 is 2.15. The van der Waals surface area contributed by atoms with E-state index in [1.54, 1.807) is 6.20 Å². The van der Waals surface area contributed by atoms with Crippen molar-refractivity contribution in [3.05, 3.63) is 66.1 Å². The molecule has 0 aliphatic carbocycles. The number of rotatable bonds is 2. The predicted octanol–water partition coefficient (Wildman–Crippen LogP) is 3.29. The van der Waals surface area contributed by atoms with Crippen LogP contribution in [-0.2, 0) is 7.05 Å². The molecule has 0 bridgehead atoms. The average Bonchev–Trinajstić information content (AvgIpc) is 3.00. The predicted molar refractivity (Wildman–Crippen MR) is 94.6 cm³/mol. The van der Waals surface area contributed by atoms with Crippen molar-refractivity contribution in [1.82, 2.24) is 9.97 Å². The number of fused-ring (bicyclic) bond motifs is 2. The third-order valence-corrected chi connectivity index (χ3v) is 4.18. The van der Waals surface area contributed by atoms with E-state index in [9.17, 15) is 0 Å². The van der Waals surface area contributed by atoms with Crippen LogP contribution in [0.2, 0.25) is 0 Å². The second-order valence-electron chi connectivity index (χ2n) is 5.58. The van der Waals surface area contributed by atoms with E-state index in [0.29, 0.717) is 0 Å². The molecule has 4 nitrogen and oxygen atoms in total. The highest BCUT2D eigenvalue weighted by molar-refractivity contribution is 5.91. The number of aromatic nitrogens is 3. The van der Waals surface area contributed by atoms with Gasteiger partial charge >= 0.3 is 0 Å². The molecule has 0 saturated heterocycles. The van der Waals surface area contributed by atoms with Gasteiger partial charge in [-0.3, -0.25) is 0 Å². The molecule has 0 saturated carbocycles. The van der Waals surface area contributed by atoms with E-state index < -0.39 is 0 Å². The van der Waals surface area contributed by atoms with Gasteiger partial charge in [0.1, 0.15) is 12.7 Å². The van der Waals surface area contributed by atoms with Crippen molar-refractivity contribution in [2.24, 2.45) is 7.05 Å². The van der Waals surface area contributed by atoms with E-state index in [2.05, 4.69) is 45.9 Å². The Morgan fingerprint density at radius 1 is 1.09 bits per heavy atom. The largest absolute Gasteiger partial charge is 0.398 e. The molecule has 0 atom stereocenters. The number of hydrogen-bond acceptors (Lipinski definition) is 2. The van der Waals surface area contributed by atoms with Crippen LogP contribution in [-0.4, -0.2) is 9.97 Å². The fraction of sp³-hybridized carbons (Fsp3) is 0.0526. The van der Waals surface area contributed by atoms with Gasteiger partial charge in [-0.05, 0) is 24.3 Å². The van der Waals surface area contributed by atoms with Crippen LogP contribution >= 0.6 is 0 Å². The highest BCUT2D eigenvalue weighted by atomic mass is 14.9. The minimum atomic E-state index is 0.791. The first-order valence-corrected chi connectivity index (χ1v) is 7.51. The molecule has 3 N–H and O–H groups in total. The third kappa shape index (κ3) is 2.25. The molecule has 0 aliphatic heterocycles. The molecule has 1 aromatic carbocycles. The van der Waals surface area contributed by atoms with Gasteiger partial charge in [0, 0.05) is 41.6 Å². The first kappa shape index (κ1) is 13.5. The Kier molecular flexibility index (Phi) is 3.08. The quantitative estimate of drug-likeness (QED) is 0.558. The Labute approximate surface area is 133 Å². The van der Waals surface area contributed by atoms with E-state index in [-0.39, 0.29) is 0 Å². The molecule has 3 heterocycles. The average molecular weight is 301 g/mol. The fourth-order valence-electron chi connectivity index (χ4n) is 2.93. The summed E-state index contributed by atoms with van der Waals surface area (Å²) in [6.07, 6.45) is 7.93. The maximum atomic E-state index is 6.20. The summed E-state index contributed by atoms with van der Waals surface area (Å²) >= 11 is 0. The van der Waals surface area contributed by atoms with Gasteiger partial charge in [0.25, 0.3) is 0 Å². The number of pyridine rings is 2. The number of benzene rings is 1. The number of nitrogen functional groups attached to an aromatic ring is 1. The molecule has 112 valence electrons. The molecule has 0 amide bonds. The number of nitrogens with two attached hydrogens (primary N) is 1. The minimum Gasteiger partial charge on any atom is -0.398 e. The lowest BCUT2D eigenvalue weighted by Crippen LogP contribution is -2.33. The summed E-state index contributed by atoms with van der Waals surface area (Å²) in [7, 11) is 2.05. The van der Waals surface area contributed by atoms with E-state index >= 15 is 0 Å². The number of nitrogens with one attached hydrogen (secondary N) is 1. The van der Waals surface area contributed by atoms with Crippen molar-refractivity contribution in [2.75, 3.05) is 5.73 Å². The van der Waals surface area contributed by atoms with Crippen molar-refractivity contribution in [1.29, 1.82) is 0 Å². The molecule has 3 aromatic heterocycles. The van der Waals surface area contributed by atoms with Gasteiger partial charge in [0.2, 0.25) is 11.2 Å². The lowest BCUT2D eigenvalue weighted by molar-refractivity contribution is -0.646. The summed E-state index contributed by atoms with van der Waals surface area (Å²) in [6, 6.07) is 14.2. The zero-order valence-corrected chi connectivity index (χ0v) is 12.8. The zero-order chi connectivity index (χ0) is 15.8. The van der Waals surface area contributed by atoms with E-state index in [0.717, 1.165) is 38.9 Å². The monoisotopic (exact) mass is 301 g/mol. The third-order valence-electron chi connectivity index (χ3n) is 4.18. The molecule has 0 spiro atoms. The van der Waals surface area contributed by atoms with Crippen LogP contribution in [0.15, 0.2) is 54.9 Å². The van der Waals surface area contributed by atoms with Crippen molar-refractivity contribution in [3.8, 4) is 0 Å². The highest BCUT2D eigenvalue weighted by Gasteiger charge is 2.12. The van der Waals surface area contributed by atoms with Crippen LogP contribution in [0.25, 0.3) is 34.1 Å². The topological polar surface area (TPSA) is 58.6 Å². The van der Waals surface area contributed by atoms with E-state index in [1.165, 1.54) is 0 Å². The van der Waals surface area contributed by atoms with Gasteiger partial charge in [-0.1, -0.05) is 12.1 Å². The minimum absolute atomic E-state index is 0.791. The number of nitrogens with zero attached hydrogens (tertiary/aromatic N) is 2. The van der Waals surface area contributed by atoms with Gasteiger partial charge in [0.05, 0.1) is 11.1 Å². The van der Waals surface area contributed by atoms with Crippen molar-refractivity contribution in [3.63, 3.8) is 0 Å². The highest BCUT2D eigenvalue weighted by Crippen LogP contribution is 2.21. The van der Waals surface area contributed by atoms with Gasteiger partial charge in [0.15, 0.2) is 0 Å². The van der Waals surface area contributed by atoms with Crippen LogP contribution in [0.5, 0.6) is 0 Å². The fourth-order valence-corrected chi connectivity index (χ4v) is 2.93. The molecule has 4 heteroatoms. The zero-order valence-electron chi connectivity index (χ0n) is 12.8. The number of aryl methyl sites for hydroxylation is 1. The second kappa shape index (κ2) is 5.25. The van der Waals surface area contributed by atoms with Crippen molar-refractivity contribution < 1.29 is 4.57 Å². The summed E-state index contributed by atoms with van der Waals surface area (Å²) in [5, 5.41) is 2.18. The summed E-state index contributed by atoms with van der Waals surface area (Å²) in [5.74, 6) is 0. The first-order valence-electron chi connectivity index (χ1n) is 7.51. The SMILES string of the molecule is C[n+]1c(/C=C/c2c[nH]c3ncccc23)cc(N)c2ccccc21. The Morgan fingerprint density at radius 3 is 2.83 bits per heavy atom. The number of para-hydroxylation sites is 1. The number of anilines is 1. The van der Waals surface area contributed by atoms with Crippen LogP contribution in [0, 0.1) is 0 Å². The van der Waals surface area contributed by atoms with Crippen LogP contribution in [0.3, 0.4) is 0 Å². The Bertz CT molecular complexity index is 1040. The molecular weight excluding hydrogens is 284 g/mol. The second-order valence-corrected chi connectivity index (χ2v) is 5.58. The molecule has 0 fully saturated rings. The molecule has 0 radical (unpaired) electrons. The maximum absolute atomic E-state index is 6.20. The summed E-state index contributed by atoms with van der Waals surface area (Å²) in [6.45, 7) is 0. The molecular formula is C19H17N4+. The lowest BCUT2D eigenvalue weighted by Gasteiger charge is -2.03. The normalized spacial score (nSPS) is 11.7. The number of hydrogen-bond donors (Lipinski definition) is 2. The van der Waals surface area contributed by atoms with Gasteiger partial charge in [-0.25, -0.2) is 4.98 Å². The van der Waals surface area contributed by atoms with Crippen molar-refractivity contribution in [2.45, 2.75) is 0 Å². The van der Waals surface area contributed by atoms with Crippen molar-refractivity contribution >= 4 is 39.8 Å². The summed E-state index contributed by atoms with van der Waals surface area (Å²) in [5.41, 5.74) is 11.2. The van der Waals surface area contributed by atoms with Gasteiger partial charge in [-0.2, -0.15) is 4.57 Å². The van der Waals surface area contributed by atoms with Crippen LogP contribution in [0.4, 0.5) is 5.69 Å². The Balaban J connectivity index is 1.82. The molecule has 0 unspecified atom stereocenters. The number of aromatic amines is 1. The van der Waals surface area contributed by atoms with Crippen LogP contribution < -0.4 is 10.3 Å². The lowest BCUT2D eigenvalue weighted by atomic mass is 10.1. The first-order chi connectivity index (χ1) is 11.2.